The first kappa shape index (κ1) is 17.8. The Morgan fingerprint density at radius 3 is 2.29 bits per heavy atom. The highest BCUT2D eigenvalue weighted by atomic mass is 35.5. The summed E-state index contributed by atoms with van der Waals surface area (Å²) in [7, 11) is 0. The average Bonchev–Trinajstić information content (AvgIpc) is 2.45. The van der Waals surface area contributed by atoms with Crippen molar-refractivity contribution in [1.29, 1.82) is 0 Å². The summed E-state index contributed by atoms with van der Waals surface area (Å²) in [5.74, 6) is -0.139. The minimum Gasteiger partial charge on any atom is -0.329 e. The Morgan fingerprint density at radius 2 is 1.71 bits per heavy atom. The van der Waals surface area contributed by atoms with Gasteiger partial charge in [0.2, 0.25) is 0 Å². The maximum Gasteiger partial charge on any atom is 0.258 e. The van der Waals surface area contributed by atoms with Gasteiger partial charge in [-0.2, -0.15) is 0 Å². The average molecular weight is 346 g/mol. The van der Waals surface area contributed by atoms with Crippen LogP contribution in [0.4, 0.5) is 5.69 Å². The molecule has 0 aliphatic heterocycles. The third kappa shape index (κ3) is 4.61. The van der Waals surface area contributed by atoms with Gasteiger partial charge in [-0.3, -0.25) is 4.79 Å². The smallest absolute Gasteiger partial charge is 0.258 e. The predicted octanol–water partition coefficient (Wildman–Crippen LogP) is 4.02. The third-order valence-electron chi connectivity index (χ3n) is 2.81. The Balaban J connectivity index is 0.00000220. The lowest BCUT2D eigenvalue weighted by Gasteiger charge is -2.22. The molecule has 0 bridgehead atoms. The number of amides is 1. The molecule has 0 radical (unpaired) electrons. The van der Waals surface area contributed by atoms with Crippen LogP contribution in [0.1, 0.15) is 10.4 Å². The van der Waals surface area contributed by atoms with Gasteiger partial charge < -0.3 is 10.6 Å². The van der Waals surface area contributed by atoms with E-state index in [0.29, 0.717) is 28.7 Å². The van der Waals surface area contributed by atoms with Crippen LogP contribution in [0.2, 0.25) is 10.0 Å². The van der Waals surface area contributed by atoms with Crippen molar-refractivity contribution in [3.05, 3.63) is 64.1 Å². The normalized spacial score (nSPS) is 9.86. The van der Waals surface area contributed by atoms with Crippen LogP contribution in [0.25, 0.3) is 0 Å². The van der Waals surface area contributed by atoms with Crippen molar-refractivity contribution < 1.29 is 4.79 Å². The van der Waals surface area contributed by atoms with Crippen LogP contribution in [0.15, 0.2) is 48.5 Å². The monoisotopic (exact) mass is 344 g/mol. The molecular weight excluding hydrogens is 331 g/mol. The number of halogens is 3. The summed E-state index contributed by atoms with van der Waals surface area (Å²) in [5, 5.41) is 1.15. The topological polar surface area (TPSA) is 46.3 Å². The van der Waals surface area contributed by atoms with Gasteiger partial charge in [-0.25, -0.2) is 0 Å². The number of anilines is 1. The highest BCUT2D eigenvalue weighted by Crippen LogP contribution is 2.21. The quantitative estimate of drug-likeness (QED) is 0.909. The van der Waals surface area contributed by atoms with E-state index in [2.05, 4.69) is 0 Å². The molecule has 0 heterocycles. The van der Waals surface area contributed by atoms with Crippen LogP contribution in [0, 0.1) is 0 Å². The van der Waals surface area contributed by atoms with Crippen LogP contribution < -0.4 is 10.6 Å². The van der Waals surface area contributed by atoms with E-state index in [0.717, 1.165) is 5.69 Å². The van der Waals surface area contributed by atoms with Crippen molar-refractivity contribution in [2.24, 2.45) is 5.73 Å². The Kier molecular flexibility index (Phi) is 6.99. The Labute approximate surface area is 140 Å². The SMILES string of the molecule is Cl.NCCN(C(=O)c1cccc(Cl)c1)c1ccc(Cl)cc1. The largest absolute Gasteiger partial charge is 0.329 e. The Bertz CT molecular complexity index is 602. The third-order valence-corrected chi connectivity index (χ3v) is 3.29. The first-order valence-electron chi connectivity index (χ1n) is 6.15. The van der Waals surface area contributed by atoms with Gasteiger partial charge >= 0.3 is 0 Å². The van der Waals surface area contributed by atoms with Gasteiger partial charge in [0.25, 0.3) is 5.91 Å². The fourth-order valence-corrected chi connectivity index (χ4v) is 2.19. The lowest BCUT2D eigenvalue weighted by atomic mass is 10.1. The van der Waals surface area contributed by atoms with Crippen LogP contribution in [-0.4, -0.2) is 19.0 Å². The molecule has 6 heteroatoms. The second kappa shape index (κ2) is 8.25. The Hall–Kier alpha value is -1.26. The molecule has 0 saturated carbocycles. The van der Waals surface area contributed by atoms with E-state index in [4.69, 9.17) is 28.9 Å². The number of nitrogens with zero attached hydrogens (tertiary/aromatic N) is 1. The fourth-order valence-electron chi connectivity index (χ4n) is 1.88. The number of hydrogen-bond acceptors (Lipinski definition) is 2. The zero-order valence-electron chi connectivity index (χ0n) is 11.1. The van der Waals surface area contributed by atoms with E-state index in [9.17, 15) is 4.79 Å². The summed E-state index contributed by atoms with van der Waals surface area (Å²) >= 11 is 11.8. The summed E-state index contributed by atoms with van der Waals surface area (Å²) in [6, 6.07) is 13.9. The minimum atomic E-state index is -0.139. The molecule has 0 aromatic heterocycles. The number of hydrogen-bond donors (Lipinski definition) is 1. The van der Waals surface area contributed by atoms with Crippen molar-refractivity contribution in [2.45, 2.75) is 0 Å². The number of carbonyl (C=O) groups is 1. The summed E-state index contributed by atoms with van der Waals surface area (Å²) < 4.78 is 0. The Morgan fingerprint density at radius 1 is 1.05 bits per heavy atom. The van der Waals surface area contributed by atoms with Crippen molar-refractivity contribution in [1.82, 2.24) is 0 Å². The number of carbonyl (C=O) groups excluding carboxylic acids is 1. The number of nitrogens with two attached hydrogens (primary N) is 1. The van der Waals surface area contributed by atoms with Gasteiger partial charge in [-0.05, 0) is 42.5 Å². The van der Waals surface area contributed by atoms with Crippen molar-refractivity contribution >= 4 is 47.2 Å². The summed E-state index contributed by atoms with van der Waals surface area (Å²) in [6.07, 6.45) is 0. The lowest BCUT2D eigenvalue weighted by Crippen LogP contribution is -2.35. The van der Waals surface area contributed by atoms with Gasteiger partial charge in [-0.1, -0.05) is 29.3 Å². The van der Waals surface area contributed by atoms with E-state index in [1.54, 1.807) is 53.4 Å². The zero-order chi connectivity index (χ0) is 14.5. The van der Waals surface area contributed by atoms with Crippen molar-refractivity contribution in [3.8, 4) is 0 Å². The maximum absolute atomic E-state index is 12.6. The molecule has 1 amide bonds. The molecule has 0 atom stereocenters. The highest BCUT2D eigenvalue weighted by molar-refractivity contribution is 6.31. The zero-order valence-corrected chi connectivity index (χ0v) is 13.5. The molecule has 0 saturated heterocycles. The maximum atomic E-state index is 12.6. The van der Waals surface area contributed by atoms with Crippen molar-refractivity contribution in [3.63, 3.8) is 0 Å². The molecule has 2 aromatic carbocycles. The van der Waals surface area contributed by atoms with Gasteiger partial charge in [0.15, 0.2) is 0 Å². The van der Waals surface area contributed by atoms with E-state index >= 15 is 0 Å². The second-order valence-corrected chi connectivity index (χ2v) is 5.11. The fraction of sp³-hybridized carbons (Fsp3) is 0.133. The summed E-state index contributed by atoms with van der Waals surface area (Å²) in [6.45, 7) is 0.794. The molecular formula is C15H15Cl3N2O. The van der Waals surface area contributed by atoms with Crippen LogP contribution >= 0.6 is 35.6 Å². The van der Waals surface area contributed by atoms with Gasteiger partial charge in [-0.15, -0.1) is 12.4 Å². The first-order valence-corrected chi connectivity index (χ1v) is 6.90. The van der Waals surface area contributed by atoms with E-state index in [1.165, 1.54) is 0 Å². The van der Waals surface area contributed by atoms with Gasteiger partial charge in [0.05, 0.1) is 0 Å². The molecule has 112 valence electrons. The molecule has 21 heavy (non-hydrogen) atoms. The molecule has 0 spiro atoms. The first-order chi connectivity index (χ1) is 9.61. The van der Waals surface area contributed by atoms with Crippen LogP contribution in [-0.2, 0) is 0 Å². The second-order valence-electron chi connectivity index (χ2n) is 4.23. The number of rotatable bonds is 4. The highest BCUT2D eigenvalue weighted by Gasteiger charge is 2.17. The van der Waals surface area contributed by atoms with Gasteiger partial charge in [0, 0.05) is 34.4 Å². The molecule has 0 fully saturated rings. The van der Waals surface area contributed by atoms with Gasteiger partial charge in [0.1, 0.15) is 0 Å². The predicted molar refractivity (Wildman–Crippen MR) is 90.9 cm³/mol. The molecule has 0 unspecified atom stereocenters. The van der Waals surface area contributed by atoms with Crippen LogP contribution in [0.5, 0.6) is 0 Å². The molecule has 2 rings (SSSR count). The van der Waals surface area contributed by atoms with E-state index in [1.807, 2.05) is 0 Å². The minimum absolute atomic E-state index is 0. The molecule has 0 aliphatic rings. The van der Waals surface area contributed by atoms with Crippen LogP contribution in [0.3, 0.4) is 0 Å². The van der Waals surface area contributed by atoms with E-state index < -0.39 is 0 Å². The molecule has 3 nitrogen and oxygen atoms in total. The van der Waals surface area contributed by atoms with E-state index in [-0.39, 0.29) is 18.3 Å². The lowest BCUT2D eigenvalue weighted by molar-refractivity contribution is 0.0987. The molecule has 2 aromatic rings. The summed E-state index contributed by atoms with van der Waals surface area (Å²) in [4.78, 5) is 14.2. The van der Waals surface area contributed by atoms with Crippen molar-refractivity contribution in [2.75, 3.05) is 18.0 Å². The molecule has 0 aliphatic carbocycles. The standard InChI is InChI=1S/C15H14Cl2N2O.ClH/c16-12-4-6-14(7-5-12)19(9-8-18)15(20)11-2-1-3-13(17)10-11;/h1-7,10H,8-9,18H2;1H. The molecule has 2 N–H and O–H groups in total. The summed E-state index contributed by atoms with van der Waals surface area (Å²) in [5.41, 5.74) is 6.88. The number of benzene rings is 2.